The minimum absolute atomic E-state index is 0.216. The molecular weight excluding hydrogens is 364 g/mol. The normalized spacial score (nSPS) is 10.4. The van der Waals surface area contributed by atoms with E-state index >= 15 is 0 Å². The number of hydrogen-bond acceptors (Lipinski definition) is 6. The quantitative estimate of drug-likeness (QED) is 0.655. The number of ether oxygens (including phenoxy) is 1. The van der Waals surface area contributed by atoms with Crippen LogP contribution in [0.15, 0.2) is 54.2 Å². The van der Waals surface area contributed by atoms with Gasteiger partial charge in [-0.15, -0.1) is 11.3 Å². The van der Waals surface area contributed by atoms with Gasteiger partial charge in [-0.3, -0.25) is 14.6 Å². The van der Waals surface area contributed by atoms with Gasteiger partial charge in [0.2, 0.25) is 0 Å². The maximum Gasteiger partial charge on any atom is 0.271 e. The third kappa shape index (κ3) is 5.19. The summed E-state index contributed by atoms with van der Waals surface area (Å²) in [6.45, 7) is 0.714. The summed E-state index contributed by atoms with van der Waals surface area (Å²) < 4.78 is 5.01. The van der Waals surface area contributed by atoms with Crippen LogP contribution in [0.4, 0.5) is 5.69 Å². The summed E-state index contributed by atoms with van der Waals surface area (Å²) in [5, 5.41) is 8.11. The SMILES string of the molecule is COCc1nc(C(=O)NCc2cccc(NC(=O)c3ccncc3)c2)cs1. The Bertz CT molecular complexity index is 927. The number of nitrogens with zero attached hydrogens (tertiary/aromatic N) is 2. The Labute approximate surface area is 160 Å². The third-order valence-corrected chi connectivity index (χ3v) is 4.45. The van der Waals surface area contributed by atoms with Gasteiger partial charge in [0.25, 0.3) is 11.8 Å². The first-order valence-corrected chi connectivity index (χ1v) is 9.05. The number of amides is 2. The molecule has 138 valence electrons. The summed E-state index contributed by atoms with van der Waals surface area (Å²) >= 11 is 1.38. The van der Waals surface area contributed by atoms with Crippen molar-refractivity contribution in [1.29, 1.82) is 0 Å². The van der Waals surface area contributed by atoms with E-state index in [0.717, 1.165) is 10.6 Å². The molecule has 0 unspecified atom stereocenters. The molecule has 3 aromatic rings. The van der Waals surface area contributed by atoms with Crippen LogP contribution >= 0.6 is 11.3 Å². The monoisotopic (exact) mass is 382 g/mol. The summed E-state index contributed by atoms with van der Waals surface area (Å²) in [4.78, 5) is 32.5. The number of methoxy groups -OCH3 is 1. The lowest BCUT2D eigenvalue weighted by molar-refractivity contribution is 0.0945. The van der Waals surface area contributed by atoms with Gasteiger partial charge in [0.05, 0.1) is 6.61 Å². The molecule has 0 radical (unpaired) electrons. The van der Waals surface area contributed by atoms with Crippen molar-refractivity contribution in [2.24, 2.45) is 0 Å². The number of nitrogens with one attached hydrogen (secondary N) is 2. The Kier molecular flexibility index (Phi) is 6.24. The van der Waals surface area contributed by atoms with Gasteiger partial charge in [-0.1, -0.05) is 12.1 Å². The summed E-state index contributed by atoms with van der Waals surface area (Å²) in [6.07, 6.45) is 3.13. The minimum Gasteiger partial charge on any atom is -0.378 e. The van der Waals surface area contributed by atoms with Gasteiger partial charge in [-0.05, 0) is 29.8 Å². The van der Waals surface area contributed by atoms with E-state index in [-0.39, 0.29) is 11.8 Å². The number of pyridine rings is 1. The molecule has 0 saturated carbocycles. The predicted octanol–water partition coefficient (Wildman–Crippen LogP) is 2.87. The second kappa shape index (κ2) is 9.02. The van der Waals surface area contributed by atoms with Crippen LogP contribution in [0.3, 0.4) is 0 Å². The first kappa shape index (κ1) is 18.7. The molecule has 0 aliphatic carbocycles. The van der Waals surface area contributed by atoms with Crippen molar-refractivity contribution < 1.29 is 14.3 Å². The second-order valence-electron chi connectivity index (χ2n) is 5.63. The summed E-state index contributed by atoms with van der Waals surface area (Å²) in [5.41, 5.74) is 2.41. The molecule has 7 nitrogen and oxygen atoms in total. The molecule has 1 aromatic carbocycles. The van der Waals surface area contributed by atoms with Crippen LogP contribution in [0.25, 0.3) is 0 Å². The van der Waals surface area contributed by atoms with Gasteiger partial charge in [-0.2, -0.15) is 0 Å². The number of hydrogen-bond donors (Lipinski definition) is 2. The Hall–Kier alpha value is -3.10. The molecule has 0 aliphatic heterocycles. The van der Waals surface area contributed by atoms with E-state index in [1.54, 1.807) is 43.1 Å². The molecule has 0 spiro atoms. The Balaban J connectivity index is 1.58. The Morgan fingerprint density at radius 3 is 2.74 bits per heavy atom. The van der Waals surface area contributed by atoms with Crippen LogP contribution in [0.5, 0.6) is 0 Å². The number of thiazole rings is 1. The fraction of sp³-hybridized carbons (Fsp3) is 0.158. The fourth-order valence-corrected chi connectivity index (χ4v) is 3.09. The standard InChI is InChI=1S/C19H18N4O3S/c1-26-11-17-23-16(12-27-17)19(25)21-10-13-3-2-4-15(9-13)22-18(24)14-5-7-20-8-6-14/h2-9,12H,10-11H2,1H3,(H,21,25)(H,22,24). The number of rotatable bonds is 7. The average Bonchev–Trinajstić information content (AvgIpc) is 3.16. The molecule has 0 bridgehead atoms. The van der Waals surface area contributed by atoms with E-state index in [2.05, 4.69) is 20.6 Å². The molecule has 2 amide bonds. The molecule has 0 atom stereocenters. The maximum absolute atomic E-state index is 12.2. The van der Waals surface area contributed by atoms with E-state index < -0.39 is 0 Å². The number of aromatic nitrogens is 2. The van der Waals surface area contributed by atoms with Crippen molar-refractivity contribution >= 4 is 28.8 Å². The highest BCUT2D eigenvalue weighted by atomic mass is 32.1. The van der Waals surface area contributed by atoms with Gasteiger partial charge in [-0.25, -0.2) is 4.98 Å². The van der Waals surface area contributed by atoms with Crippen LogP contribution < -0.4 is 10.6 Å². The van der Waals surface area contributed by atoms with E-state index in [4.69, 9.17) is 4.74 Å². The van der Waals surface area contributed by atoms with Crippen LogP contribution in [0.2, 0.25) is 0 Å². The molecular formula is C19H18N4O3S. The van der Waals surface area contributed by atoms with E-state index in [1.807, 2.05) is 18.2 Å². The largest absolute Gasteiger partial charge is 0.378 e. The summed E-state index contributed by atoms with van der Waals surface area (Å²) in [6, 6.07) is 10.6. The molecule has 0 fully saturated rings. The summed E-state index contributed by atoms with van der Waals surface area (Å²) in [5.74, 6) is -0.466. The Morgan fingerprint density at radius 1 is 1.15 bits per heavy atom. The lowest BCUT2D eigenvalue weighted by Crippen LogP contribution is -2.23. The van der Waals surface area contributed by atoms with Crippen molar-refractivity contribution in [1.82, 2.24) is 15.3 Å². The molecule has 27 heavy (non-hydrogen) atoms. The topological polar surface area (TPSA) is 93.2 Å². The van der Waals surface area contributed by atoms with Crippen molar-refractivity contribution in [2.75, 3.05) is 12.4 Å². The molecule has 0 aliphatic rings. The minimum atomic E-state index is -0.250. The van der Waals surface area contributed by atoms with Crippen molar-refractivity contribution in [3.05, 3.63) is 76.0 Å². The highest BCUT2D eigenvalue weighted by Crippen LogP contribution is 2.13. The van der Waals surface area contributed by atoms with Crippen LogP contribution in [0, 0.1) is 0 Å². The fourth-order valence-electron chi connectivity index (χ4n) is 2.34. The van der Waals surface area contributed by atoms with Gasteiger partial charge < -0.3 is 15.4 Å². The van der Waals surface area contributed by atoms with Crippen molar-refractivity contribution in [3.63, 3.8) is 0 Å². The average molecular weight is 382 g/mol. The number of anilines is 1. The number of benzene rings is 1. The number of carbonyl (C=O) groups excluding carboxylic acids is 2. The highest BCUT2D eigenvalue weighted by molar-refractivity contribution is 7.09. The predicted molar refractivity (Wildman–Crippen MR) is 103 cm³/mol. The molecule has 2 N–H and O–H groups in total. The first-order valence-electron chi connectivity index (χ1n) is 8.17. The van der Waals surface area contributed by atoms with Crippen LogP contribution in [-0.2, 0) is 17.9 Å². The lowest BCUT2D eigenvalue weighted by atomic mass is 10.2. The highest BCUT2D eigenvalue weighted by Gasteiger charge is 2.11. The molecule has 0 saturated heterocycles. The zero-order chi connectivity index (χ0) is 19.1. The zero-order valence-corrected chi connectivity index (χ0v) is 15.5. The van der Waals surface area contributed by atoms with Gasteiger partial charge in [0.15, 0.2) is 0 Å². The van der Waals surface area contributed by atoms with Gasteiger partial charge >= 0.3 is 0 Å². The molecule has 3 rings (SSSR count). The van der Waals surface area contributed by atoms with Gasteiger partial charge in [0, 0.05) is 42.7 Å². The second-order valence-corrected chi connectivity index (χ2v) is 6.58. The zero-order valence-electron chi connectivity index (χ0n) is 14.6. The van der Waals surface area contributed by atoms with E-state index in [1.165, 1.54) is 11.3 Å². The van der Waals surface area contributed by atoms with E-state index in [9.17, 15) is 9.59 Å². The van der Waals surface area contributed by atoms with Crippen LogP contribution in [0.1, 0.15) is 31.4 Å². The molecule has 2 heterocycles. The number of carbonyl (C=O) groups is 2. The Morgan fingerprint density at radius 2 is 1.96 bits per heavy atom. The first-order chi connectivity index (χ1) is 13.2. The maximum atomic E-state index is 12.2. The van der Waals surface area contributed by atoms with Crippen LogP contribution in [-0.4, -0.2) is 28.9 Å². The van der Waals surface area contributed by atoms with Crippen molar-refractivity contribution in [2.45, 2.75) is 13.2 Å². The molecule has 8 heteroatoms. The lowest BCUT2D eigenvalue weighted by Gasteiger charge is -2.08. The molecule has 2 aromatic heterocycles. The van der Waals surface area contributed by atoms with E-state index in [0.29, 0.717) is 30.1 Å². The van der Waals surface area contributed by atoms with Gasteiger partial charge in [0.1, 0.15) is 10.7 Å². The third-order valence-electron chi connectivity index (χ3n) is 3.63. The van der Waals surface area contributed by atoms with Crippen molar-refractivity contribution in [3.8, 4) is 0 Å². The summed E-state index contributed by atoms with van der Waals surface area (Å²) in [7, 11) is 1.58. The smallest absolute Gasteiger partial charge is 0.271 e.